The van der Waals surface area contributed by atoms with E-state index in [-0.39, 0.29) is 12.5 Å². The first kappa shape index (κ1) is 17.2. The van der Waals surface area contributed by atoms with Crippen LogP contribution < -0.4 is 5.32 Å². The SMILES string of the molecule is COCC(C)(CCO)NC(=O)c1cc(C)n(-c2ccccc2)n1. The van der Waals surface area contributed by atoms with Gasteiger partial charge in [-0.3, -0.25) is 4.79 Å². The molecule has 1 aromatic carbocycles. The number of aliphatic hydroxyl groups is 1. The van der Waals surface area contributed by atoms with Gasteiger partial charge < -0.3 is 15.2 Å². The van der Waals surface area contributed by atoms with Crippen molar-refractivity contribution in [3.05, 3.63) is 47.8 Å². The first-order valence-electron chi connectivity index (χ1n) is 7.53. The summed E-state index contributed by atoms with van der Waals surface area (Å²) < 4.78 is 6.87. The number of rotatable bonds is 7. The Kier molecular flexibility index (Phi) is 5.52. The van der Waals surface area contributed by atoms with Gasteiger partial charge in [0.15, 0.2) is 5.69 Å². The summed E-state index contributed by atoms with van der Waals surface area (Å²) in [7, 11) is 1.57. The molecule has 1 unspecified atom stereocenters. The Morgan fingerprint density at radius 2 is 2.09 bits per heavy atom. The minimum absolute atomic E-state index is 0.0301. The van der Waals surface area contributed by atoms with Gasteiger partial charge in [0, 0.05) is 19.4 Å². The molecule has 124 valence electrons. The first-order chi connectivity index (χ1) is 11.0. The van der Waals surface area contributed by atoms with E-state index in [0.29, 0.717) is 18.7 Å². The van der Waals surface area contributed by atoms with Gasteiger partial charge in [-0.25, -0.2) is 4.68 Å². The molecule has 23 heavy (non-hydrogen) atoms. The zero-order valence-electron chi connectivity index (χ0n) is 13.7. The zero-order valence-corrected chi connectivity index (χ0v) is 13.7. The number of nitrogens with zero attached hydrogens (tertiary/aromatic N) is 2. The molecule has 0 saturated carbocycles. The molecule has 0 aliphatic rings. The summed E-state index contributed by atoms with van der Waals surface area (Å²) in [5, 5.41) is 16.5. The second-order valence-electron chi connectivity index (χ2n) is 5.84. The largest absolute Gasteiger partial charge is 0.396 e. The molecule has 2 aromatic rings. The summed E-state index contributed by atoms with van der Waals surface area (Å²) in [6.45, 7) is 4.03. The standard InChI is InChI=1S/C17H23N3O3/c1-13-11-15(19-20(13)14-7-5-4-6-8-14)16(22)18-17(2,9-10-21)12-23-3/h4-8,11,21H,9-10,12H2,1-3H3,(H,18,22). The van der Waals surface area contributed by atoms with Crippen molar-refractivity contribution in [1.82, 2.24) is 15.1 Å². The van der Waals surface area contributed by atoms with Gasteiger partial charge in [-0.15, -0.1) is 0 Å². The van der Waals surface area contributed by atoms with E-state index in [1.807, 2.05) is 44.2 Å². The van der Waals surface area contributed by atoms with Crippen molar-refractivity contribution in [3.8, 4) is 5.69 Å². The lowest BCUT2D eigenvalue weighted by molar-refractivity contribution is 0.0721. The highest BCUT2D eigenvalue weighted by atomic mass is 16.5. The lowest BCUT2D eigenvalue weighted by Crippen LogP contribution is -2.50. The van der Waals surface area contributed by atoms with Crippen molar-refractivity contribution in [2.45, 2.75) is 25.8 Å². The predicted octanol–water partition coefficient (Wildman–Crippen LogP) is 1.70. The zero-order chi connectivity index (χ0) is 16.9. The fourth-order valence-electron chi connectivity index (χ4n) is 2.49. The average molecular weight is 317 g/mol. The van der Waals surface area contributed by atoms with Gasteiger partial charge in [-0.2, -0.15) is 5.10 Å². The van der Waals surface area contributed by atoms with Crippen LogP contribution in [0.3, 0.4) is 0 Å². The smallest absolute Gasteiger partial charge is 0.272 e. The summed E-state index contributed by atoms with van der Waals surface area (Å²) in [6, 6.07) is 11.4. The van der Waals surface area contributed by atoms with Crippen molar-refractivity contribution in [3.63, 3.8) is 0 Å². The van der Waals surface area contributed by atoms with E-state index >= 15 is 0 Å². The third-order valence-electron chi connectivity index (χ3n) is 3.66. The monoisotopic (exact) mass is 317 g/mol. The van der Waals surface area contributed by atoms with E-state index in [2.05, 4.69) is 10.4 Å². The van der Waals surface area contributed by atoms with E-state index in [1.165, 1.54) is 0 Å². The summed E-state index contributed by atoms with van der Waals surface area (Å²) >= 11 is 0. The number of benzene rings is 1. The van der Waals surface area contributed by atoms with Gasteiger partial charge in [-0.05, 0) is 38.5 Å². The number of carbonyl (C=O) groups excluding carboxylic acids is 1. The molecular weight excluding hydrogens is 294 g/mol. The summed E-state index contributed by atoms with van der Waals surface area (Å²) in [5.74, 6) is -0.282. The number of aromatic nitrogens is 2. The maximum Gasteiger partial charge on any atom is 0.272 e. The second-order valence-corrected chi connectivity index (χ2v) is 5.84. The second kappa shape index (κ2) is 7.39. The molecule has 0 fully saturated rings. The number of hydrogen-bond acceptors (Lipinski definition) is 4. The molecule has 0 spiro atoms. The number of hydrogen-bond donors (Lipinski definition) is 2. The maximum absolute atomic E-state index is 12.5. The summed E-state index contributed by atoms with van der Waals surface area (Å²) in [6.07, 6.45) is 0.408. The van der Waals surface area contributed by atoms with Crippen LogP contribution in [0.5, 0.6) is 0 Å². The minimum atomic E-state index is -0.634. The van der Waals surface area contributed by atoms with Crippen molar-refractivity contribution >= 4 is 5.91 Å². The van der Waals surface area contributed by atoms with Crippen LogP contribution in [0.25, 0.3) is 5.69 Å². The van der Waals surface area contributed by atoms with Crippen molar-refractivity contribution in [2.75, 3.05) is 20.3 Å². The van der Waals surface area contributed by atoms with E-state index in [0.717, 1.165) is 11.4 Å². The van der Waals surface area contributed by atoms with Crippen LogP contribution in [0.2, 0.25) is 0 Å². The average Bonchev–Trinajstić information content (AvgIpc) is 2.90. The van der Waals surface area contributed by atoms with Crippen LogP contribution in [0, 0.1) is 6.92 Å². The van der Waals surface area contributed by atoms with Gasteiger partial charge in [0.05, 0.1) is 17.8 Å². The molecule has 0 bridgehead atoms. The van der Waals surface area contributed by atoms with E-state index < -0.39 is 5.54 Å². The van der Waals surface area contributed by atoms with Crippen LogP contribution in [-0.2, 0) is 4.74 Å². The Hall–Kier alpha value is -2.18. The highest BCUT2D eigenvalue weighted by Gasteiger charge is 2.27. The molecule has 0 aliphatic heterocycles. The van der Waals surface area contributed by atoms with Crippen LogP contribution in [0.1, 0.15) is 29.5 Å². The lowest BCUT2D eigenvalue weighted by Gasteiger charge is -2.29. The van der Waals surface area contributed by atoms with E-state index in [9.17, 15) is 9.90 Å². The fraction of sp³-hybridized carbons (Fsp3) is 0.412. The number of ether oxygens (including phenoxy) is 1. The fourth-order valence-corrected chi connectivity index (χ4v) is 2.49. The van der Waals surface area contributed by atoms with Gasteiger partial charge in [0.25, 0.3) is 5.91 Å². The van der Waals surface area contributed by atoms with Crippen LogP contribution in [0.4, 0.5) is 0 Å². The lowest BCUT2D eigenvalue weighted by atomic mass is 9.99. The highest BCUT2D eigenvalue weighted by Crippen LogP contribution is 2.14. The van der Waals surface area contributed by atoms with Gasteiger partial charge in [0.1, 0.15) is 0 Å². The summed E-state index contributed by atoms with van der Waals surface area (Å²) in [5.41, 5.74) is 1.48. The van der Waals surface area contributed by atoms with Gasteiger partial charge >= 0.3 is 0 Å². The number of para-hydroxylation sites is 1. The van der Waals surface area contributed by atoms with Crippen molar-refractivity contribution in [1.29, 1.82) is 0 Å². The highest BCUT2D eigenvalue weighted by molar-refractivity contribution is 5.93. The van der Waals surface area contributed by atoms with Gasteiger partial charge in [0.2, 0.25) is 0 Å². The molecule has 0 saturated heterocycles. The number of carbonyl (C=O) groups is 1. The quantitative estimate of drug-likeness (QED) is 0.815. The Labute approximate surface area is 136 Å². The molecule has 0 radical (unpaired) electrons. The molecular formula is C17H23N3O3. The Bertz CT molecular complexity index is 646. The molecule has 1 amide bonds. The Morgan fingerprint density at radius 1 is 1.39 bits per heavy atom. The molecule has 1 heterocycles. The number of aryl methyl sites for hydroxylation is 1. The van der Waals surface area contributed by atoms with Crippen LogP contribution in [0.15, 0.2) is 36.4 Å². The van der Waals surface area contributed by atoms with Crippen LogP contribution in [-0.4, -0.2) is 46.7 Å². The number of nitrogens with one attached hydrogen (secondary N) is 1. The van der Waals surface area contributed by atoms with E-state index in [4.69, 9.17) is 4.74 Å². The molecule has 6 heteroatoms. The third kappa shape index (κ3) is 4.18. The van der Waals surface area contributed by atoms with Gasteiger partial charge in [-0.1, -0.05) is 18.2 Å². The normalized spacial score (nSPS) is 13.6. The molecule has 1 atom stereocenters. The molecule has 6 nitrogen and oxygen atoms in total. The number of amides is 1. The summed E-state index contributed by atoms with van der Waals surface area (Å²) in [4.78, 5) is 12.5. The molecule has 2 N–H and O–H groups in total. The Balaban J connectivity index is 2.20. The topological polar surface area (TPSA) is 76.4 Å². The molecule has 0 aliphatic carbocycles. The first-order valence-corrected chi connectivity index (χ1v) is 7.53. The van der Waals surface area contributed by atoms with Crippen molar-refractivity contribution < 1.29 is 14.6 Å². The van der Waals surface area contributed by atoms with E-state index in [1.54, 1.807) is 17.9 Å². The maximum atomic E-state index is 12.5. The Morgan fingerprint density at radius 3 is 2.70 bits per heavy atom. The minimum Gasteiger partial charge on any atom is -0.396 e. The molecule has 1 aromatic heterocycles. The van der Waals surface area contributed by atoms with Crippen LogP contribution >= 0.6 is 0 Å². The third-order valence-corrected chi connectivity index (χ3v) is 3.66. The predicted molar refractivity (Wildman–Crippen MR) is 87.8 cm³/mol. The number of aliphatic hydroxyl groups excluding tert-OH is 1. The van der Waals surface area contributed by atoms with Crippen molar-refractivity contribution in [2.24, 2.45) is 0 Å². The molecule has 2 rings (SSSR count). The number of methoxy groups -OCH3 is 1.